The second-order valence-electron chi connectivity index (χ2n) is 6.63. The zero-order valence-corrected chi connectivity index (χ0v) is 14.8. The first-order valence-corrected chi connectivity index (χ1v) is 8.86. The highest BCUT2D eigenvalue weighted by atomic mass is 16.2. The third-order valence-corrected chi connectivity index (χ3v) is 4.91. The summed E-state index contributed by atoms with van der Waals surface area (Å²) in [6, 6.07) is 15.2. The van der Waals surface area contributed by atoms with Crippen LogP contribution in [0.4, 0.5) is 0 Å². The lowest BCUT2D eigenvalue weighted by atomic mass is 10.1. The first-order chi connectivity index (χ1) is 13.2. The summed E-state index contributed by atoms with van der Waals surface area (Å²) >= 11 is 0. The van der Waals surface area contributed by atoms with Crippen molar-refractivity contribution in [1.82, 2.24) is 20.4 Å². The number of nitrogens with one attached hydrogen (secondary N) is 2. The van der Waals surface area contributed by atoms with Crippen LogP contribution >= 0.6 is 0 Å². The van der Waals surface area contributed by atoms with Crippen LogP contribution in [0.25, 0.3) is 10.9 Å². The van der Waals surface area contributed by atoms with Crippen molar-refractivity contribution < 1.29 is 9.59 Å². The lowest BCUT2D eigenvalue weighted by molar-refractivity contribution is -0.123. The van der Waals surface area contributed by atoms with Gasteiger partial charge in [-0.25, -0.2) is 0 Å². The molecular weight excluding hydrogens is 340 g/mol. The van der Waals surface area contributed by atoms with Crippen molar-refractivity contribution in [1.29, 1.82) is 0 Å². The number of carbonyl (C=O) groups is 2. The minimum Gasteiger partial charge on any atom is -0.349 e. The number of amides is 2. The van der Waals surface area contributed by atoms with Crippen molar-refractivity contribution in [3.8, 4) is 0 Å². The van der Waals surface area contributed by atoms with Gasteiger partial charge in [0.25, 0.3) is 0 Å². The third-order valence-electron chi connectivity index (χ3n) is 4.91. The van der Waals surface area contributed by atoms with Crippen LogP contribution < -0.4 is 10.6 Å². The summed E-state index contributed by atoms with van der Waals surface area (Å²) in [7, 11) is 0. The molecule has 0 fully saturated rings. The number of hydrogen-bond acceptors (Lipinski definition) is 3. The average Bonchev–Trinajstić information content (AvgIpc) is 3.23. The highest BCUT2D eigenvalue weighted by Gasteiger charge is 2.34. The summed E-state index contributed by atoms with van der Waals surface area (Å²) in [6.45, 7) is 3.64. The summed E-state index contributed by atoms with van der Waals surface area (Å²) in [5.74, 6) is -0.395. The summed E-state index contributed by atoms with van der Waals surface area (Å²) in [5, 5.41) is 11.3. The Labute approximate surface area is 156 Å². The number of nitrogens with zero attached hydrogens (tertiary/aromatic N) is 2. The molecule has 1 aliphatic carbocycles. The molecule has 6 nitrogen and oxygen atoms in total. The number of aromatic nitrogens is 2. The molecule has 1 aliphatic rings. The summed E-state index contributed by atoms with van der Waals surface area (Å²) in [5.41, 5.74) is 3.07. The van der Waals surface area contributed by atoms with Crippen LogP contribution in [0.15, 0.2) is 67.4 Å². The van der Waals surface area contributed by atoms with E-state index in [4.69, 9.17) is 0 Å². The monoisotopic (exact) mass is 360 g/mol. The molecule has 1 aromatic heterocycles. The number of benzene rings is 2. The first-order valence-electron chi connectivity index (χ1n) is 8.86. The van der Waals surface area contributed by atoms with E-state index in [2.05, 4.69) is 22.3 Å². The fourth-order valence-corrected chi connectivity index (χ4v) is 3.66. The minimum absolute atomic E-state index is 0.127. The molecule has 2 atom stereocenters. The van der Waals surface area contributed by atoms with Crippen LogP contribution in [0, 0.1) is 0 Å². The van der Waals surface area contributed by atoms with E-state index in [0.717, 1.165) is 22.0 Å². The molecule has 0 radical (unpaired) electrons. The van der Waals surface area contributed by atoms with Crippen molar-refractivity contribution in [3.63, 3.8) is 0 Å². The van der Waals surface area contributed by atoms with Crippen molar-refractivity contribution in [3.05, 3.63) is 78.5 Å². The Morgan fingerprint density at radius 3 is 2.78 bits per heavy atom. The highest BCUT2D eigenvalue weighted by molar-refractivity contribution is 5.87. The largest absolute Gasteiger partial charge is 0.349 e. The standard InChI is InChI=1S/C21H20N4O2/c1-2-19(26)24-21-16-9-5-3-7-14(16)11-17(21)23-20(27)13-25-18-10-6-4-8-15(18)12-22-25/h2-10,12,17,21H,1,11,13H2,(H,23,27)(H,24,26)/t17-,21-/m1/s1. The van der Waals surface area contributed by atoms with Gasteiger partial charge in [0.2, 0.25) is 11.8 Å². The molecule has 2 amide bonds. The van der Waals surface area contributed by atoms with E-state index in [-0.39, 0.29) is 30.4 Å². The van der Waals surface area contributed by atoms with Gasteiger partial charge in [-0.15, -0.1) is 0 Å². The maximum absolute atomic E-state index is 12.7. The van der Waals surface area contributed by atoms with Crippen LogP contribution in [-0.4, -0.2) is 27.6 Å². The fourth-order valence-electron chi connectivity index (χ4n) is 3.66. The zero-order valence-electron chi connectivity index (χ0n) is 14.8. The SMILES string of the molecule is C=CC(=O)N[C@@H]1c2ccccc2C[C@H]1NC(=O)Cn1ncc2ccccc21. The van der Waals surface area contributed by atoms with Gasteiger partial charge >= 0.3 is 0 Å². The van der Waals surface area contributed by atoms with Crippen LogP contribution in [-0.2, 0) is 22.6 Å². The van der Waals surface area contributed by atoms with Crippen LogP contribution in [0.1, 0.15) is 17.2 Å². The molecule has 0 aliphatic heterocycles. The quantitative estimate of drug-likeness (QED) is 0.685. The van der Waals surface area contributed by atoms with Gasteiger partial charge in [0, 0.05) is 5.39 Å². The first kappa shape index (κ1) is 17.0. The molecule has 0 saturated carbocycles. The van der Waals surface area contributed by atoms with E-state index in [0.29, 0.717) is 6.42 Å². The lowest BCUT2D eigenvalue weighted by Crippen LogP contribution is -2.45. The van der Waals surface area contributed by atoms with Gasteiger partial charge in [-0.1, -0.05) is 49.0 Å². The molecule has 2 N–H and O–H groups in total. The van der Waals surface area contributed by atoms with Gasteiger partial charge in [0.15, 0.2) is 0 Å². The Hall–Kier alpha value is -3.41. The molecule has 4 rings (SSSR count). The molecule has 0 spiro atoms. The van der Waals surface area contributed by atoms with E-state index < -0.39 is 0 Å². The van der Waals surface area contributed by atoms with Crippen LogP contribution in [0.2, 0.25) is 0 Å². The molecular formula is C21H20N4O2. The molecule has 1 heterocycles. The van der Waals surface area contributed by atoms with Crippen molar-refractivity contribution in [2.75, 3.05) is 0 Å². The molecule has 0 saturated heterocycles. The van der Waals surface area contributed by atoms with Gasteiger partial charge < -0.3 is 10.6 Å². The molecule has 0 unspecified atom stereocenters. The normalized spacial score (nSPS) is 18.1. The summed E-state index contributed by atoms with van der Waals surface area (Å²) < 4.78 is 1.68. The maximum atomic E-state index is 12.7. The fraction of sp³-hybridized carbons (Fsp3) is 0.190. The number of carbonyl (C=O) groups excluding carboxylic acids is 2. The number of rotatable bonds is 5. The Balaban J connectivity index is 1.51. The van der Waals surface area contributed by atoms with Gasteiger partial charge in [-0.2, -0.15) is 5.10 Å². The highest BCUT2D eigenvalue weighted by Crippen LogP contribution is 2.31. The van der Waals surface area contributed by atoms with Gasteiger partial charge in [-0.3, -0.25) is 14.3 Å². The summed E-state index contributed by atoms with van der Waals surface area (Å²) in [4.78, 5) is 24.5. The second kappa shape index (κ2) is 7.07. The minimum atomic E-state index is -0.273. The van der Waals surface area contributed by atoms with Gasteiger partial charge in [0.1, 0.15) is 6.54 Å². The molecule has 3 aromatic rings. The van der Waals surface area contributed by atoms with E-state index in [1.165, 1.54) is 6.08 Å². The van der Waals surface area contributed by atoms with Gasteiger partial charge in [-0.05, 0) is 29.7 Å². The molecule has 136 valence electrons. The van der Waals surface area contributed by atoms with E-state index >= 15 is 0 Å². The Bertz CT molecular complexity index is 1020. The van der Waals surface area contributed by atoms with Crippen LogP contribution in [0.5, 0.6) is 0 Å². The predicted molar refractivity (Wildman–Crippen MR) is 103 cm³/mol. The number of para-hydroxylation sites is 1. The van der Waals surface area contributed by atoms with Crippen molar-refractivity contribution in [2.24, 2.45) is 0 Å². The topological polar surface area (TPSA) is 76.0 Å². The smallest absolute Gasteiger partial charge is 0.243 e. The molecule has 27 heavy (non-hydrogen) atoms. The Morgan fingerprint density at radius 2 is 1.93 bits per heavy atom. The number of fused-ring (bicyclic) bond motifs is 2. The third kappa shape index (κ3) is 3.33. The summed E-state index contributed by atoms with van der Waals surface area (Å²) in [6.07, 6.45) is 3.67. The molecule has 0 bridgehead atoms. The van der Waals surface area contributed by atoms with Gasteiger partial charge in [0.05, 0.1) is 23.8 Å². The average molecular weight is 360 g/mol. The van der Waals surface area contributed by atoms with E-state index in [1.54, 1.807) is 10.9 Å². The van der Waals surface area contributed by atoms with Crippen molar-refractivity contribution >= 4 is 22.7 Å². The van der Waals surface area contributed by atoms with E-state index in [9.17, 15) is 9.59 Å². The predicted octanol–water partition coefficient (Wildman–Crippen LogP) is 2.12. The van der Waals surface area contributed by atoms with Crippen LogP contribution in [0.3, 0.4) is 0 Å². The van der Waals surface area contributed by atoms with Crippen molar-refractivity contribution in [2.45, 2.75) is 25.0 Å². The Morgan fingerprint density at radius 1 is 1.15 bits per heavy atom. The lowest BCUT2D eigenvalue weighted by Gasteiger charge is -2.22. The Kier molecular flexibility index (Phi) is 4.46. The van der Waals surface area contributed by atoms with E-state index in [1.807, 2.05) is 48.5 Å². The number of hydrogen-bond donors (Lipinski definition) is 2. The second-order valence-corrected chi connectivity index (χ2v) is 6.63. The maximum Gasteiger partial charge on any atom is 0.243 e. The zero-order chi connectivity index (χ0) is 18.8. The molecule has 6 heteroatoms. The molecule has 2 aromatic carbocycles.